The zero-order chi connectivity index (χ0) is 10.5. The Morgan fingerprint density at radius 2 is 2.27 bits per heavy atom. The fraction of sp³-hybridized carbons (Fsp3) is 0.500. The fourth-order valence-corrected chi connectivity index (χ4v) is 1.86. The minimum absolute atomic E-state index is 0.0360. The zero-order valence-electron chi connectivity index (χ0n) is 8.78. The summed E-state index contributed by atoms with van der Waals surface area (Å²) >= 11 is 0. The fourth-order valence-electron chi connectivity index (χ4n) is 1.86. The maximum atomic E-state index is 9.11. The van der Waals surface area contributed by atoms with Gasteiger partial charge in [-0.2, -0.15) is 0 Å². The van der Waals surface area contributed by atoms with Gasteiger partial charge in [0.2, 0.25) is 0 Å². The Labute approximate surface area is 90.1 Å². The number of hydrogen-bond donors (Lipinski definition) is 2. The van der Waals surface area contributed by atoms with Crippen LogP contribution in [-0.4, -0.2) is 24.3 Å². The number of aliphatic hydroxyl groups excluding tert-OH is 1. The van der Waals surface area contributed by atoms with E-state index >= 15 is 0 Å². The Balaban J connectivity index is 1.91. The summed E-state index contributed by atoms with van der Waals surface area (Å²) < 4.78 is 5.69. The van der Waals surface area contributed by atoms with Gasteiger partial charge in [-0.05, 0) is 25.5 Å². The van der Waals surface area contributed by atoms with E-state index in [0.29, 0.717) is 12.6 Å². The lowest BCUT2D eigenvalue weighted by atomic mass is 10.2. The summed E-state index contributed by atoms with van der Waals surface area (Å²) in [6.45, 7) is 1.82. The van der Waals surface area contributed by atoms with Crippen molar-refractivity contribution in [1.82, 2.24) is 5.32 Å². The van der Waals surface area contributed by atoms with Gasteiger partial charge < -0.3 is 15.2 Å². The van der Waals surface area contributed by atoms with E-state index in [4.69, 9.17) is 9.84 Å². The van der Waals surface area contributed by atoms with E-state index in [0.717, 1.165) is 17.9 Å². The molecule has 0 aliphatic carbocycles. The van der Waals surface area contributed by atoms with Gasteiger partial charge in [0.05, 0.1) is 6.61 Å². The van der Waals surface area contributed by atoms with Gasteiger partial charge in [-0.25, -0.2) is 0 Å². The van der Waals surface area contributed by atoms with Crippen LogP contribution in [0.25, 0.3) is 0 Å². The van der Waals surface area contributed by atoms with Crippen molar-refractivity contribution in [2.75, 3.05) is 13.2 Å². The first-order valence-electron chi connectivity index (χ1n) is 5.45. The average molecular weight is 207 g/mol. The normalized spacial score (nSPS) is 20.5. The molecule has 3 nitrogen and oxygen atoms in total. The van der Waals surface area contributed by atoms with Crippen LogP contribution in [0.1, 0.15) is 18.4 Å². The summed E-state index contributed by atoms with van der Waals surface area (Å²) in [6.07, 6.45) is 2.41. The smallest absolute Gasteiger partial charge is 0.124 e. The molecule has 0 spiro atoms. The van der Waals surface area contributed by atoms with Crippen molar-refractivity contribution in [3.63, 3.8) is 0 Å². The highest BCUT2D eigenvalue weighted by Crippen LogP contribution is 2.18. The predicted octanol–water partition coefficient (Wildman–Crippen LogP) is 1.31. The Hall–Kier alpha value is -1.06. The predicted molar refractivity (Wildman–Crippen MR) is 58.9 cm³/mol. The molecule has 1 aromatic rings. The summed E-state index contributed by atoms with van der Waals surface area (Å²) in [5.41, 5.74) is 0.857. The summed E-state index contributed by atoms with van der Waals surface area (Å²) in [7, 11) is 0. The maximum Gasteiger partial charge on any atom is 0.124 e. The molecule has 1 fully saturated rings. The van der Waals surface area contributed by atoms with Crippen LogP contribution in [0.15, 0.2) is 24.3 Å². The van der Waals surface area contributed by atoms with Gasteiger partial charge in [0, 0.05) is 11.6 Å². The highest BCUT2D eigenvalue weighted by molar-refractivity contribution is 5.32. The van der Waals surface area contributed by atoms with Crippen molar-refractivity contribution in [2.45, 2.75) is 25.5 Å². The quantitative estimate of drug-likeness (QED) is 0.782. The van der Waals surface area contributed by atoms with Crippen molar-refractivity contribution in [2.24, 2.45) is 0 Å². The van der Waals surface area contributed by atoms with Crippen LogP contribution in [-0.2, 0) is 6.61 Å². The van der Waals surface area contributed by atoms with E-state index in [1.807, 2.05) is 24.3 Å². The lowest BCUT2D eigenvalue weighted by Crippen LogP contribution is -2.28. The van der Waals surface area contributed by atoms with Crippen LogP contribution in [0.5, 0.6) is 5.75 Å². The zero-order valence-corrected chi connectivity index (χ0v) is 8.78. The molecule has 1 saturated heterocycles. The summed E-state index contributed by atoms with van der Waals surface area (Å²) in [4.78, 5) is 0. The Kier molecular flexibility index (Phi) is 3.59. The number of benzene rings is 1. The second kappa shape index (κ2) is 5.14. The number of aliphatic hydroxyl groups is 1. The first-order chi connectivity index (χ1) is 7.40. The number of nitrogens with one attached hydrogen (secondary N) is 1. The number of hydrogen-bond acceptors (Lipinski definition) is 3. The standard InChI is InChI=1S/C12H17NO2/c14-8-10-4-1-2-6-12(10)15-9-11-5-3-7-13-11/h1-2,4,6,11,13-14H,3,5,7-9H2/t11-/m0/s1. The largest absolute Gasteiger partial charge is 0.492 e. The first-order valence-corrected chi connectivity index (χ1v) is 5.45. The number of rotatable bonds is 4. The van der Waals surface area contributed by atoms with E-state index in [9.17, 15) is 0 Å². The van der Waals surface area contributed by atoms with Crippen LogP contribution in [0.4, 0.5) is 0 Å². The lowest BCUT2D eigenvalue weighted by Gasteiger charge is -2.14. The molecule has 0 amide bonds. The van der Waals surface area contributed by atoms with Crippen molar-refractivity contribution in [3.8, 4) is 5.75 Å². The van der Waals surface area contributed by atoms with E-state index in [2.05, 4.69) is 5.32 Å². The van der Waals surface area contributed by atoms with Crippen molar-refractivity contribution < 1.29 is 9.84 Å². The van der Waals surface area contributed by atoms with E-state index < -0.39 is 0 Å². The van der Waals surface area contributed by atoms with Crippen molar-refractivity contribution in [3.05, 3.63) is 29.8 Å². The molecule has 1 heterocycles. The molecule has 15 heavy (non-hydrogen) atoms. The highest BCUT2D eigenvalue weighted by Gasteiger charge is 2.14. The number of para-hydroxylation sites is 1. The molecule has 0 aromatic heterocycles. The molecule has 0 unspecified atom stereocenters. The van der Waals surface area contributed by atoms with Crippen LogP contribution in [0.3, 0.4) is 0 Å². The molecule has 0 saturated carbocycles. The van der Waals surface area contributed by atoms with Crippen molar-refractivity contribution >= 4 is 0 Å². The third kappa shape index (κ3) is 2.70. The summed E-state index contributed by atoms with van der Waals surface area (Å²) in [5, 5.41) is 12.5. The maximum absolute atomic E-state index is 9.11. The molecule has 1 aromatic carbocycles. The minimum atomic E-state index is 0.0360. The van der Waals surface area contributed by atoms with E-state index in [1.165, 1.54) is 12.8 Å². The Morgan fingerprint density at radius 3 is 3.00 bits per heavy atom. The average Bonchev–Trinajstić information content (AvgIpc) is 2.79. The minimum Gasteiger partial charge on any atom is -0.492 e. The molecule has 2 N–H and O–H groups in total. The van der Waals surface area contributed by atoms with Crippen LogP contribution < -0.4 is 10.1 Å². The molecule has 0 radical (unpaired) electrons. The van der Waals surface area contributed by atoms with E-state index in [-0.39, 0.29) is 6.61 Å². The van der Waals surface area contributed by atoms with Gasteiger partial charge in [0.1, 0.15) is 12.4 Å². The van der Waals surface area contributed by atoms with Gasteiger partial charge in [0.25, 0.3) is 0 Å². The Morgan fingerprint density at radius 1 is 1.40 bits per heavy atom. The molecular formula is C12H17NO2. The topological polar surface area (TPSA) is 41.5 Å². The molecule has 3 heteroatoms. The van der Waals surface area contributed by atoms with Crippen LogP contribution >= 0.6 is 0 Å². The second-order valence-electron chi connectivity index (χ2n) is 3.87. The van der Waals surface area contributed by atoms with Gasteiger partial charge in [0.15, 0.2) is 0 Å². The second-order valence-corrected chi connectivity index (χ2v) is 3.87. The molecular weight excluding hydrogens is 190 g/mol. The first kappa shape index (κ1) is 10.5. The van der Waals surface area contributed by atoms with Crippen LogP contribution in [0, 0.1) is 0 Å². The van der Waals surface area contributed by atoms with Gasteiger partial charge >= 0.3 is 0 Å². The molecule has 2 rings (SSSR count). The SMILES string of the molecule is OCc1ccccc1OC[C@@H]1CCCN1. The number of ether oxygens (including phenoxy) is 1. The summed E-state index contributed by atoms with van der Waals surface area (Å²) in [6, 6.07) is 8.09. The van der Waals surface area contributed by atoms with Crippen molar-refractivity contribution in [1.29, 1.82) is 0 Å². The van der Waals surface area contributed by atoms with Gasteiger partial charge in [-0.1, -0.05) is 18.2 Å². The molecule has 1 atom stereocenters. The van der Waals surface area contributed by atoms with E-state index in [1.54, 1.807) is 0 Å². The van der Waals surface area contributed by atoms with Crippen LogP contribution in [0.2, 0.25) is 0 Å². The summed E-state index contributed by atoms with van der Waals surface area (Å²) in [5.74, 6) is 0.800. The third-order valence-corrected chi connectivity index (χ3v) is 2.75. The monoisotopic (exact) mass is 207 g/mol. The van der Waals surface area contributed by atoms with Gasteiger partial charge in [-0.3, -0.25) is 0 Å². The molecule has 0 bridgehead atoms. The molecule has 1 aliphatic heterocycles. The molecule has 1 aliphatic rings. The molecule has 82 valence electrons. The Bertz CT molecular complexity index is 308. The third-order valence-electron chi connectivity index (χ3n) is 2.75. The van der Waals surface area contributed by atoms with Gasteiger partial charge in [-0.15, -0.1) is 0 Å². The highest BCUT2D eigenvalue weighted by atomic mass is 16.5. The lowest BCUT2D eigenvalue weighted by molar-refractivity contribution is 0.249.